The molecule has 0 aliphatic heterocycles. The number of nitrogens with one attached hydrogen (secondary N) is 1. The highest BCUT2D eigenvalue weighted by atomic mass is 35.5. The standard InChI is InChI=1S/C16H26N2O2S.ClH/c1-2-5-13-8-10-15(11-9-13)21(19,20)18-16(12-17)14-6-3-4-7-14;/h8-11,14,16,18H,2-7,12,17H2,1H3;1H. The molecule has 2 rings (SSSR count). The molecule has 0 aromatic heterocycles. The van der Waals surface area contributed by atoms with E-state index in [1.807, 2.05) is 12.1 Å². The van der Waals surface area contributed by atoms with E-state index >= 15 is 0 Å². The van der Waals surface area contributed by atoms with Gasteiger partial charge in [-0.15, -0.1) is 12.4 Å². The summed E-state index contributed by atoms with van der Waals surface area (Å²) < 4.78 is 27.7. The van der Waals surface area contributed by atoms with E-state index in [1.165, 1.54) is 18.4 Å². The molecule has 1 aromatic rings. The molecule has 1 atom stereocenters. The molecule has 4 nitrogen and oxygen atoms in total. The van der Waals surface area contributed by atoms with E-state index in [-0.39, 0.29) is 18.4 Å². The molecule has 1 aliphatic rings. The summed E-state index contributed by atoms with van der Waals surface area (Å²) in [4.78, 5) is 0.332. The average Bonchev–Trinajstić information content (AvgIpc) is 3.00. The highest BCUT2D eigenvalue weighted by molar-refractivity contribution is 7.89. The number of nitrogens with two attached hydrogens (primary N) is 1. The van der Waals surface area contributed by atoms with Crippen LogP contribution in [0.5, 0.6) is 0 Å². The van der Waals surface area contributed by atoms with E-state index in [9.17, 15) is 8.42 Å². The average molecular weight is 347 g/mol. The van der Waals surface area contributed by atoms with Crippen molar-refractivity contribution in [1.82, 2.24) is 4.72 Å². The van der Waals surface area contributed by atoms with Crippen molar-refractivity contribution >= 4 is 22.4 Å². The monoisotopic (exact) mass is 346 g/mol. The van der Waals surface area contributed by atoms with Crippen LogP contribution in [-0.4, -0.2) is 21.0 Å². The molecule has 0 heterocycles. The Kier molecular flexibility index (Phi) is 7.83. The second-order valence-corrected chi connectivity index (χ2v) is 7.62. The molecule has 1 fully saturated rings. The van der Waals surface area contributed by atoms with Crippen LogP contribution in [0.3, 0.4) is 0 Å². The topological polar surface area (TPSA) is 72.2 Å². The van der Waals surface area contributed by atoms with Crippen molar-refractivity contribution < 1.29 is 8.42 Å². The Morgan fingerprint density at radius 1 is 1.23 bits per heavy atom. The van der Waals surface area contributed by atoms with Crippen LogP contribution in [0.15, 0.2) is 29.2 Å². The van der Waals surface area contributed by atoms with Crippen molar-refractivity contribution in [3.63, 3.8) is 0 Å². The number of halogens is 1. The van der Waals surface area contributed by atoms with E-state index in [4.69, 9.17) is 5.73 Å². The molecule has 126 valence electrons. The molecule has 1 unspecified atom stereocenters. The van der Waals surface area contributed by atoms with E-state index in [2.05, 4.69) is 11.6 Å². The van der Waals surface area contributed by atoms with Gasteiger partial charge in [-0.1, -0.05) is 38.3 Å². The maximum Gasteiger partial charge on any atom is 0.240 e. The Morgan fingerprint density at radius 3 is 2.32 bits per heavy atom. The first kappa shape index (κ1) is 19.4. The molecule has 22 heavy (non-hydrogen) atoms. The molecule has 1 aliphatic carbocycles. The number of rotatable bonds is 7. The maximum absolute atomic E-state index is 12.5. The van der Waals surface area contributed by atoms with Crippen molar-refractivity contribution in [2.45, 2.75) is 56.4 Å². The zero-order valence-electron chi connectivity index (χ0n) is 13.1. The lowest BCUT2D eigenvalue weighted by molar-refractivity contribution is 0.405. The van der Waals surface area contributed by atoms with Gasteiger partial charge in [-0.25, -0.2) is 13.1 Å². The van der Waals surface area contributed by atoms with Crippen LogP contribution >= 0.6 is 12.4 Å². The van der Waals surface area contributed by atoms with Gasteiger partial charge in [-0.05, 0) is 42.9 Å². The first-order valence-corrected chi connectivity index (χ1v) is 9.36. The molecule has 1 aromatic carbocycles. The van der Waals surface area contributed by atoms with Gasteiger partial charge in [0.25, 0.3) is 0 Å². The molecule has 1 saturated carbocycles. The number of aryl methyl sites for hydroxylation is 1. The van der Waals surface area contributed by atoms with E-state index in [0.717, 1.165) is 25.7 Å². The van der Waals surface area contributed by atoms with Crippen molar-refractivity contribution in [2.24, 2.45) is 11.7 Å². The number of benzene rings is 1. The fraction of sp³-hybridized carbons (Fsp3) is 0.625. The van der Waals surface area contributed by atoms with Crippen LogP contribution in [0.25, 0.3) is 0 Å². The summed E-state index contributed by atoms with van der Waals surface area (Å²) in [5.41, 5.74) is 6.94. The second kappa shape index (κ2) is 8.87. The predicted molar refractivity (Wildman–Crippen MR) is 92.8 cm³/mol. The van der Waals surface area contributed by atoms with Crippen LogP contribution in [-0.2, 0) is 16.4 Å². The Balaban J connectivity index is 0.00000242. The van der Waals surface area contributed by atoms with Crippen molar-refractivity contribution in [2.75, 3.05) is 6.54 Å². The van der Waals surface area contributed by atoms with Gasteiger partial charge in [0.15, 0.2) is 0 Å². The Hall–Kier alpha value is -0.620. The van der Waals surface area contributed by atoms with Gasteiger partial charge in [0, 0.05) is 12.6 Å². The fourth-order valence-electron chi connectivity index (χ4n) is 3.09. The zero-order chi connectivity index (χ0) is 15.3. The van der Waals surface area contributed by atoms with E-state index in [1.54, 1.807) is 12.1 Å². The third kappa shape index (κ3) is 4.95. The Labute approximate surface area is 140 Å². The van der Waals surface area contributed by atoms with Gasteiger partial charge in [0.05, 0.1) is 4.90 Å². The maximum atomic E-state index is 12.5. The summed E-state index contributed by atoms with van der Waals surface area (Å²) in [6.07, 6.45) is 6.52. The van der Waals surface area contributed by atoms with Crippen LogP contribution < -0.4 is 10.5 Å². The van der Waals surface area contributed by atoms with Gasteiger partial charge in [-0.3, -0.25) is 0 Å². The van der Waals surface area contributed by atoms with Gasteiger partial charge >= 0.3 is 0 Å². The zero-order valence-corrected chi connectivity index (χ0v) is 14.8. The molecule has 0 saturated heterocycles. The summed E-state index contributed by atoms with van der Waals surface area (Å²) in [6.45, 7) is 2.47. The van der Waals surface area contributed by atoms with Crippen LogP contribution in [0.1, 0.15) is 44.6 Å². The smallest absolute Gasteiger partial charge is 0.240 e. The SMILES string of the molecule is CCCc1ccc(S(=O)(=O)NC(CN)C2CCCC2)cc1.Cl. The number of sulfonamides is 1. The van der Waals surface area contributed by atoms with Gasteiger partial charge in [-0.2, -0.15) is 0 Å². The van der Waals surface area contributed by atoms with Crippen LogP contribution in [0.4, 0.5) is 0 Å². The minimum absolute atomic E-state index is 0. The summed E-state index contributed by atoms with van der Waals surface area (Å²) in [6, 6.07) is 7.02. The minimum Gasteiger partial charge on any atom is -0.329 e. The predicted octanol–water partition coefficient (Wildman–Crippen LogP) is 2.86. The molecule has 0 radical (unpaired) electrons. The third-order valence-electron chi connectivity index (χ3n) is 4.30. The lowest BCUT2D eigenvalue weighted by Gasteiger charge is -2.23. The van der Waals surface area contributed by atoms with Gasteiger partial charge in [0.1, 0.15) is 0 Å². The summed E-state index contributed by atoms with van der Waals surface area (Å²) in [5, 5.41) is 0. The highest BCUT2D eigenvalue weighted by Gasteiger charge is 2.28. The lowest BCUT2D eigenvalue weighted by atomic mass is 9.99. The lowest BCUT2D eigenvalue weighted by Crippen LogP contribution is -2.44. The quantitative estimate of drug-likeness (QED) is 0.797. The number of hydrogen-bond acceptors (Lipinski definition) is 3. The Bertz CT molecular complexity index is 540. The number of hydrogen-bond donors (Lipinski definition) is 2. The molecule has 0 amide bonds. The summed E-state index contributed by atoms with van der Waals surface area (Å²) in [7, 11) is -3.47. The van der Waals surface area contributed by atoms with E-state index < -0.39 is 10.0 Å². The Morgan fingerprint density at radius 2 is 1.82 bits per heavy atom. The molecule has 0 bridgehead atoms. The van der Waals surface area contributed by atoms with Crippen molar-refractivity contribution in [1.29, 1.82) is 0 Å². The van der Waals surface area contributed by atoms with E-state index in [0.29, 0.717) is 17.4 Å². The molecular weight excluding hydrogens is 320 g/mol. The molecular formula is C16H27ClN2O2S. The van der Waals surface area contributed by atoms with Crippen molar-refractivity contribution in [3.8, 4) is 0 Å². The second-order valence-electron chi connectivity index (χ2n) is 5.90. The van der Waals surface area contributed by atoms with Crippen LogP contribution in [0.2, 0.25) is 0 Å². The normalized spacial score (nSPS) is 17.2. The first-order valence-electron chi connectivity index (χ1n) is 7.88. The molecule has 6 heteroatoms. The molecule has 3 N–H and O–H groups in total. The van der Waals surface area contributed by atoms with Crippen LogP contribution in [0, 0.1) is 5.92 Å². The summed E-state index contributed by atoms with van der Waals surface area (Å²) >= 11 is 0. The van der Waals surface area contributed by atoms with Gasteiger partial charge in [0.2, 0.25) is 10.0 Å². The largest absolute Gasteiger partial charge is 0.329 e. The minimum atomic E-state index is -3.47. The van der Waals surface area contributed by atoms with Crippen molar-refractivity contribution in [3.05, 3.63) is 29.8 Å². The first-order chi connectivity index (χ1) is 10.1. The van der Waals surface area contributed by atoms with Gasteiger partial charge < -0.3 is 5.73 Å². The molecule has 0 spiro atoms. The highest BCUT2D eigenvalue weighted by Crippen LogP contribution is 2.28. The third-order valence-corrected chi connectivity index (χ3v) is 5.81. The fourth-order valence-corrected chi connectivity index (χ4v) is 4.41. The summed E-state index contributed by atoms with van der Waals surface area (Å²) in [5.74, 6) is 0.379.